The zero-order chi connectivity index (χ0) is 16.4. The Morgan fingerprint density at radius 1 is 1.29 bits per heavy atom. The molecule has 1 saturated heterocycles. The van der Waals surface area contributed by atoms with E-state index in [-0.39, 0.29) is 36.6 Å². The molecule has 1 unspecified atom stereocenters. The number of rotatable bonds is 5. The number of hydrogen-bond donors (Lipinski definition) is 1. The SMILES string of the molecule is CC(C)CC1C(=O)NCC(=O)N1CCS(=O)(=O)C(C)(C)C. The average Bonchev–Trinajstić information content (AvgIpc) is 2.31. The first-order valence-corrected chi connectivity index (χ1v) is 8.90. The lowest BCUT2D eigenvalue weighted by molar-refractivity contribution is -0.145. The maximum Gasteiger partial charge on any atom is 0.243 e. The van der Waals surface area contributed by atoms with Gasteiger partial charge >= 0.3 is 0 Å². The van der Waals surface area contributed by atoms with Crippen LogP contribution in [0.25, 0.3) is 0 Å². The Hall–Kier alpha value is -1.11. The van der Waals surface area contributed by atoms with Crippen molar-refractivity contribution >= 4 is 21.7 Å². The molecule has 1 N–H and O–H groups in total. The van der Waals surface area contributed by atoms with Crippen LogP contribution in [0.4, 0.5) is 0 Å². The number of amides is 2. The summed E-state index contributed by atoms with van der Waals surface area (Å²) in [4.78, 5) is 25.4. The summed E-state index contributed by atoms with van der Waals surface area (Å²) in [5.74, 6) is -0.293. The van der Waals surface area contributed by atoms with Crippen LogP contribution in [-0.2, 0) is 19.4 Å². The number of sulfone groups is 1. The molecular formula is C14H26N2O4S. The number of hydrogen-bond acceptors (Lipinski definition) is 4. The Balaban J connectivity index is 2.86. The van der Waals surface area contributed by atoms with Crippen LogP contribution in [0.1, 0.15) is 41.0 Å². The maximum atomic E-state index is 12.2. The number of carbonyl (C=O) groups is 2. The minimum absolute atomic E-state index is 0.0526. The Morgan fingerprint density at radius 2 is 1.86 bits per heavy atom. The van der Waals surface area contributed by atoms with Crippen molar-refractivity contribution in [3.8, 4) is 0 Å². The highest BCUT2D eigenvalue weighted by Gasteiger charge is 2.37. The zero-order valence-corrected chi connectivity index (χ0v) is 14.3. The van der Waals surface area contributed by atoms with E-state index >= 15 is 0 Å². The van der Waals surface area contributed by atoms with E-state index in [9.17, 15) is 18.0 Å². The Kier molecular flexibility index (Phi) is 5.41. The molecule has 0 spiro atoms. The minimum Gasteiger partial charge on any atom is -0.345 e. The molecule has 21 heavy (non-hydrogen) atoms. The Morgan fingerprint density at radius 3 is 2.33 bits per heavy atom. The maximum absolute atomic E-state index is 12.2. The van der Waals surface area contributed by atoms with Crippen LogP contribution < -0.4 is 5.32 Å². The van der Waals surface area contributed by atoms with Crippen molar-refractivity contribution in [3.05, 3.63) is 0 Å². The molecule has 122 valence electrons. The molecule has 0 aromatic carbocycles. The molecule has 1 fully saturated rings. The summed E-state index contributed by atoms with van der Waals surface area (Å²) in [7, 11) is -3.32. The fourth-order valence-electron chi connectivity index (χ4n) is 2.18. The first-order valence-electron chi connectivity index (χ1n) is 7.25. The van der Waals surface area contributed by atoms with Crippen molar-refractivity contribution in [1.82, 2.24) is 10.2 Å². The second-order valence-electron chi connectivity index (χ2n) is 6.88. The lowest BCUT2D eigenvalue weighted by Crippen LogP contribution is -2.59. The quantitative estimate of drug-likeness (QED) is 0.803. The van der Waals surface area contributed by atoms with Crippen LogP contribution in [0.2, 0.25) is 0 Å². The third-order valence-electron chi connectivity index (χ3n) is 3.64. The monoisotopic (exact) mass is 318 g/mol. The number of piperazine rings is 1. The van der Waals surface area contributed by atoms with Crippen molar-refractivity contribution in [1.29, 1.82) is 0 Å². The summed E-state index contributed by atoms with van der Waals surface area (Å²) in [6.07, 6.45) is 0.535. The molecule has 0 saturated carbocycles. The first-order chi connectivity index (χ1) is 9.45. The molecule has 1 aliphatic rings. The third-order valence-corrected chi connectivity index (χ3v) is 6.23. The van der Waals surface area contributed by atoms with Gasteiger partial charge in [0.25, 0.3) is 0 Å². The van der Waals surface area contributed by atoms with E-state index in [1.54, 1.807) is 20.8 Å². The van der Waals surface area contributed by atoms with Crippen LogP contribution in [0, 0.1) is 5.92 Å². The summed E-state index contributed by atoms with van der Waals surface area (Å²) >= 11 is 0. The van der Waals surface area contributed by atoms with Gasteiger partial charge in [0.2, 0.25) is 11.8 Å². The highest BCUT2D eigenvalue weighted by atomic mass is 32.2. The topological polar surface area (TPSA) is 83.6 Å². The van der Waals surface area contributed by atoms with Crippen molar-refractivity contribution in [3.63, 3.8) is 0 Å². The van der Waals surface area contributed by atoms with Crippen LogP contribution >= 0.6 is 0 Å². The van der Waals surface area contributed by atoms with Gasteiger partial charge in [-0.1, -0.05) is 13.8 Å². The van der Waals surface area contributed by atoms with Crippen molar-refractivity contribution < 1.29 is 18.0 Å². The molecule has 1 rings (SSSR count). The summed E-state index contributed by atoms with van der Waals surface area (Å²) in [5, 5.41) is 2.57. The second-order valence-corrected chi connectivity index (χ2v) is 9.74. The molecule has 1 heterocycles. The summed E-state index contributed by atoms with van der Waals surface area (Å²) in [5.41, 5.74) is 0. The van der Waals surface area contributed by atoms with Crippen LogP contribution in [0.3, 0.4) is 0 Å². The van der Waals surface area contributed by atoms with Crippen molar-refractivity contribution in [2.75, 3.05) is 18.8 Å². The normalized spacial score (nSPS) is 20.9. The van der Waals surface area contributed by atoms with Crippen LogP contribution in [0.15, 0.2) is 0 Å². The number of carbonyl (C=O) groups excluding carboxylic acids is 2. The smallest absolute Gasteiger partial charge is 0.243 e. The standard InChI is InChI=1S/C14H26N2O4S/c1-10(2)8-11-13(18)15-9-12(17)16(11)6-7-21(19,20)14(3,4)5/h10-11H,6-9H2,1-5H3,(H,15,18). The fourth-order valence-corrected chi connectivity index (χ4v) is 3.23. The minimum atomic E-state index is -3.32. The Labute approximate surface area is 127 Å². The van der Waals surface area contributed by atoms with Gasteiger partial charge in [-0.3, -0.25) is 9.59 Å². The Bertz CT molecular complexity index is 506. The molecule has 1 atom stereocenters. The van der Waals surface area contributed by atoms with Gasteiger partial charge in [-0.15, -0.1) is 0 Å². The second kappa shape index (κ2) is 6.34. The van der Waals surface area contributed by atoms with E-state index in [0.29, 0.717) is 6.42 Å². The van der Waals surface area contributed by atoms with Gasteiger partial charge in [0, 0.05) is 6.54 Å². The predicted octanol–water partition coefficient (Wildman–Crippen LogP) is 0.573. The van der Waals surface area contributed by atoms with Gasteiger partial charge in [0.1, 0.15) is 6.04 Å². The highest BCUT2D eigenvalue weighted by Crippen LogP contribution is 2.19. The van der Waals surface area contributed by atoms with Crippen molar-refractivity contribution in [2.24, 2.45) is 5.92 Å². The van der Waals surface area contributed by atoms with Gasteiger partial charge in [0.15, 0.2) is 9.84 Å². The summed E-state index contributed by atoms with van der Waals surface area (Å²) in [6, 6.07) is -0.568. The van der Waals surface area contributed by atoms with Crippen molar-refractivity contribution in [2.45, 2.75) is 51.8 Å². The van der Waals surface area contributed by atoms with Gasteiger partial charge < -0.3 is 10.2 Å². The molecule has 0 radical (unpaired) electrons. The molecule has 7 heteroatoms. The molecule has 1 aliphatic heterocycles. The average molecular weight is 318 g/mol. The van der Waals surface area contributed by atoms with E-state index in [1.165, 1.54) is 4.90 Å². The number of nitrogens with one attached hydrogen (secondary N) is 1. The van der Waals surface area contributed by atoms with Crippen LogP contribution in [0.5, 0.6) is 0 Å². The molecule has 0 aliphatic carbocycles. The van der Waals surface area contributed by atoms with E-state index in [0.717, 1.165) is 0 Å². The molecule has 6 nitrogen and oxygen atoms in total. The lowest BCUT2D eigenvalue weighted by atomic mass is 10.00. The lowest BCUT2D eigenvalue weighted by Gasteiger charge is -2.36. The van der Waals surface area contributed by atoms with Crippen LogP contribution in [-0.4, -0.2) is 54.8 Å². The molecule has 0 aromatic rings. The van der Waals surface area contributed by atoms with Gasteiger partial charge in [0.05, 0.1) is 17.0 Å². The summed E-state index contributed by atoms with van der Waals surface area (Å²) in [6.45, 7) is 8.87. The summed E-state index contributed by atoms with van der Waals surface area (Å²) < 4.78 is 23.5. The molecular weight excluding hydrogens is 292 g/mol. The first kappa shape index (κ1) is 17.9. The molecule has 0 aromatic heterocycles. The van der Waals surface area contributed by atoms with Gasteiger partial charge in [-0.05, 0) is 33.1 Å². The molecule has 0 bridgehead atoms. The van der Waals surface area contributed by atoms with E-state index in [4.69, 9.17) is 0 Å². The van der Waals surface area contributed by atoms with E-state index < -0.39 is 20.6 Å². The number of nitrogens with zero attached hydrogens (tertiary/aromatic N) is 1. The molecule has 2 amide bonds. The van der Waals surface area contributed by atoms with Gasteiger partial charge in [-0.2, -0.15) is 0 Å². The fraction of sp³-hybridized carbons (Fsp3) is 0.857. The predicted molar refractivity (Wildman–Crippen MR) is 81.5 cm³/mol. The third kappa shape index (κ3) is 4.43. The zero-order valence-electron chi connectivity index (χ0n) is 13.5. The largest absolute Gasteiger partial charge is 0.345 e. The van der Waals surface area contributed by atoms with E-state index in [1.807, 2.05) is 13.8 Å². The van der Waals surface area contributed by atoms with E-state index in [2.05, 4.69) is 5.32 Å². The van der Waals surface area contributed by atoms with Gasteiger partial charge in [-0.25, -0.2) is 8.42 Å². The highest BCUT2D eigenvalue weighted by molar-refractivity contribution is 7.92.